The Labute approximate surface area is 171 Å². The number of nitrogens with one attached hydrogen (secondary N) is 1. The van der Waals surface area contributed by atoms with Gasteiger partial charge in [-0.05, 0) is 45.1 Å². The van der Waals surface area contributed by atoms with Crippen LogP contribution in [0.4, 0.5) is 15.9 Å². The van der Waals surface area contributed by atoms with Crippen LogP contribution in [0, 0.1) is 0 Å². The van der Waals surface area contributed by atoms with Gasteiger partial charge in [0.1, 0.15) is 11.6 Å². The van der Waals surface area contributed by atoms with Gasteiger partial charge in [0.25, 0.3) is 0 Å². The monoisotopic (exact) mass is 424 g/mol. The molecule has 2 atom stereocenters. The Bertz CT molecular complexity index is 910. The predicted molar refractivity (Wildman–Crippen MR) is 112 cm³/mol. The van der Waals surface area contributed by atoms with E-state index in [0.717, 1.165) is 18.5 Å². The van der Waals surface area contributed by atoms with Gasteiger partial charge in [0.05, 0.1) is 30.1 Å². The van der Waals surface area contributed by atoms with Gasteiger partial charge in [0, 0.05) is 37.0 Å². The van der Waals surface area contributed by atoms with Crippen LogP contribution in [-0.4, -0.2) is 66.4 Å². The van der Waals surface area contributed by atoms with Crippen LogP contribution in [0.15, 0.2) is 18.1 Å². The molecular weight excluding hydrogens is 395 g/mol. The van der Waals surface area contributed by atoms with Crippen LogP contribution >= 0.6 is 0 Å². The molecule has 7 nitrogen and oxygen atoms in total. The fraction of sp³-hybridized carbons (Fsp3) is 0.650. The molecule has 1 aromatic rings. The van der Waals surface area contributed by atoms with Crippen molar-refractivity contribution < 1.29 is 17.9 Å². The first-order valence-corrected chi connectivity index (χ1v) is 12.0. The molecule has 9 heteroatoms. The summed E-state index contributed by atoms with van der Waals surface area (Å²) in [5.74, 6) is 0.468. The number of aliphatic hydroxyl groups is 1. The van der Waals surface area contributed by atoms with E-state index in [2.05, 4.69) is 10.3 Å². The second kappa shape index (κ2) is 7.52. The third kappa shape index (κ3) is 4.27. The van der Waals surface area contributed by atoms with Crippen molar-refractivity contribution >= 4 is 27.6 Å². The SMILES string of the molecule is C[C@@]1(O)CCC[C@H]1N1CC(F)=Cc2cnc(NC3CCN(S(C)(=O)=O)CC3)cc21. The van der Waals surface area contributed by atoms with Crippen LogP contribution in [0.25, 0.3) is 6.08 Å². The summed E-state index contributed by atoms with van der Waals surface area (Å²) in [7, 11) is -3.15. The van der Waals surface area contributed by atoms with Crippen molar-refractivity contribution in [2.75, 3.05) is 36.1 Å². The predicted octanol–water partition coefficient (Wildman–Crippen LogP) is 2.35. The van der Waals surface area contributed by atoms with Crippen LogP contribution in [0.3, 0.4) is 0 Å². The fourth-order valence-corrected chi connectivity index (χ4v) is 5.67. The molecule has 0 unspecified atom stereocenters. The van der Waals surface area contributed by atoms with E-state index < -0.39 is 15.6 Å². The van der Waals surface area contributed by atoms with E-state index in [1.54, 1.807) is 6.20 Å². The van der Waals surface area contributed by atoms with Gasteiger partial charge in [-0.3, -0.25) is 0 Å². The van der Waals surface area contributed by atoms with Gasteiger partial charge in [0.2, 0.25) is 10.0 Å². The molecule has 0 radical (unpaired) electrons. The van der Waals surface area contributed by atoms with Crippen LogP contribution in [-0.2, 0) is 10.0 Å². The van der Waals surface area contributed by atoms with Crippen molar-refractivity contribution in [1.82, 2.24) is 9.29 Å². The van der Waals surface area contributed by atoms with Gasteiger partial charge in [-0.25, -0.2) is 22.1 Å². The zero-order valence-corrected chi connectivity index (χ0v) is 17.8. The third-order valence-electron chi connectivity index (χ3n) is 6.38. The molecule has 0 amide bonds. The summed E-state index contributed by atoms with van der Waals surface area (Å²) in [5.41, 5.74) is 0.753. The smallest absolute Gasteiger partial charge is 0.211 e. The summed E-state index contributed by atoms with van der Waals surface area (Å²) in [5, 5.41) is 14.2. The molecule has 2 aliphatic heterocycles. The summed E-state index contributed by atoms with van der Waals surface area (Å²) in [6.07, 6.45) is 8.30. The van der Waals surface area contributed by atoms with Crippen LogP contribution in [0.2, 0.25) is 0 Å². The molecule has 1 saturated heterocycles. The quantitative estimate of drug-likeness (QED) is 0.772. The van der Waals surface area contributed by atoms with Crippen molar-refractivity contribution in [3.63, 3.8) is 0 Å². The van der Waals surface area contributed by atoms with Crippen molar-refractivity contribution in [2.45, 2.75) is 56.7 Å². The second-order valence-electron chi connectivity index (χ2n) is 8.69. The number of hydrogen-bond acceptors (Lipinski definition) is 6. The molecule has 0 spiro atoms. The molecule has 2 N–H and O–H groups in total. The van der Waals surface area contributed by atoms with E-state index in [-0.39, 0.29) is 24.5 Å². The number of hydrogen-bond donors (Lipinski definition) is 2. The number of fused-ring (bicyclic) bond motifs is 1. The zero-order chi connectivity index (χ0) is 20.8. The maximum absolute atomic E-state index is 14.3. The molecule has 1 aliphatic carbocycles. The summed E-state index contributed by atoms with van der Waals surface area (Å²) in [4.78, 5) is 6.41. The highest BCUT2D eigenvalue weighted by molar-refractivity contribution is 7.88. The lowest BCUT2D eigenvalue weighted by molar-refractivity contribution is 0.0490. The fourth-order valence-electron chi connectivity index (χ4n) is 4.80. The molecule has 1 aromatic heterocycles. The number of aromatic nitrogens is 1. The number of nitrogens with zero attached hydrogens (tertiary/aromatic N) is 3. The summed E-state index contributed by atoms with van der Waals surface area (Å²) < 4.78 is 39.1. The number of sulfonamides is 1. The molecular formula is C20H29FN4O3S. The summed E-state index contributed by atoms with van der Waals surface area (Å²) in [6.45, 7) is 2.97. The first-order chi connectivity index (χ1) is 13.6. The average Bonchev–Trinajstić information content (AvgIpc) is 3.00. The van der Waals surface area contributed by atoms with Crippen LogP contribution < -0.4 is 10.2 Å². The maximum Gasteiger partial charge on any atom is 0.211 e. The average molecular weight is 425 g/mol. The van der Waals surface area contributed by atoms with Gasteiger partial charge < -0.3 is 15.3 Å². The maximum atomic E-state index is 14.3. The van der Waals surface area contributed by atoms with Gasteiger partial charge >= 0.3 is 0 Å². The third-order valence-corrected chi connectivity index (χ3v) is 7.69. The number of anilines is 2. The van der Waals surface area contributed by atoms with Gasteiger partial charge in [0.15, 0.2) is 0 Å². The van der Waals surface area contributed by atoms with E-state index in [1.165, 1.54) is 16.6 Å². The van der Waals surface area contributed by atoms with Crippen LogP contribution in [0.1, 0.15) is 44.6 Å². The van der Waals surface area contributed by atoms with Crippen molar-refractivity contribution in [2.24, 2.45) is 0 Å². The molecule has 2 fully saturated rings. The minimum absolute atomic E-state index is 0.131. The van der Waals surface area contributed by atoms with E-state index in [0.29, 0.717) is 43.7 Å². The zero-order valence-electron chi connectivity index (χ0n) is 16.9. The van der Waals surface area contributed by atoms with Crippen LogP contribution in [0.5, 0.6) is 0 Å². The largest absolute Gasteiger partial charge is 0.388 e. The van der Waals surface area contributed by atoms with Crippen molar-refractivity contribution in [3.05, 3.63) is 23.7 Å². The molecule has 3 aliphatic rings. The lowest BCUT2D eigenvalue weighted by Crippen LogP contribution is -2.49. The minimum Gasteiger partial charge on any atom is -0.388 e. The molecule has 160 valence electrons. The van der Waals surface area contributed by atoms with E-state index >= 15 is 0 Å². The topological polar surface area (TPSA) is 85.8 Å². The number of halogens is 1. The number of pyridine rings is 1. The first kappa shape index (κ1) is 20.6. The van der Waals surface area contributed by atoms with Gasteiger partial charge in [-0.1, -0.05) is 0 Å². The standard InChI is InChI=1S/C20H29FN4O3S/c1-20(26)7-3-4-18(20)25-13-15(21)10-14-12-22-19(11-17(14)25)23-16-5-8-24(9-6-16)29(2,27)28/h10-12,16,18,26H,3-9,13H2,1-2H3,(H,22,23)/t18-,20-/m1/s1. The molecule has 0 bridgehead atoms. The summed E-state index contributed by atoms with van der Waals surface area (Å²) >= 11 is 0. The normalized spacial score (nSPS) is 28.9. The summed E-state index contributed by atoms with van der Waals surface area (Å²) in [6, 6.07) is 1.93. The Morgan fingerprint density at radius 2 is 2.03 bits per heavy atom. The Hall–Kier alpha value is -1.71. The Balaban J connectivity index is 1.52. The highest BCUT2D eigenvalue weighted by Gasteiger charge is 2.42. The van der Waals surface area contributed by atoms with E-state index in [4.69, 9.17) is 0 Å². The molecule has 1 saturated carbocycles. The minimum atomic E-state index is -3.15. The van der Waals surface area contributed by atoms with Gasteiger partial charge in [-0.2, -0.15) is 0 Å². The molecule has 29 heavy (non-hydrogen) atoms. The van der Waals surface area contributed by atoms with E-state index in [9.17, 15) is 17.9 Å². The Morgan fingerprint density at radius 3 is 2.66 bits per heavy atom. The Kier molecular flexibility index (Phi) is 5.33. The lowest BCUT2D eigenvalue weighted by atomic mass is 9.96. The Morgan fingerprint density at radius 1 is 1.31 bits per heavy atom. The highest BCUT2D eigenvalue weighted by Crippen LogP contribution is 2.40. The van der Waals surface area contributed by atoms with Gasteiger partial charge in [-0.15, -0.1) is 0 Å². The molecule has 3 heterocycles. The van der Waals surface area contributed by atoms with E-state index in [1.807, 2.05) is 17.9 Å². The van der Waals surface area contributed by atoms with Crippen molar-refractivity contribution in [1.29, 1.82) is 0 Å². The highest BCUT2D eigenvalue weighted by atomic mass is 32.2. The number of piperidine rings is 1. The molecule has 4 rings (SSSR count). The second-order valence-corrected chi connectivity index (χ2v) is 10.7. The number of rotatable bonds is 4. The lowest BCUT2D eigenvalue weighted by Gasteiger charge is -2.40. The first-order valence-electron chi connectivity index (χ1n) is 10.2. The van der Waals surface area contributed by atoms with Crippen molar-refractivity contribution in [3.8, 4) is 0 Å². The molecule has 0 aromatic carbocycles.